The summed E-state index contributed by atoms with van der Waals surface area (Å²) in [5, 5.41) is 0.819. The fraction of sp³-hybridized carbons (Fsp3) is 0.143. The summed E-state index contributed by atoms with van der Waals surface area (Å²) in [6.07, 6.45) is -4.47. The van der Waals surface area contributed by atoms with Gasteiger partial charge in [-0.1, -0.05) is 45.7 Å². The van der Waals surface area contributed by atoms with E-state index in [1.54, 1.807) is 18.2 Å². The van der Waals surface area contributed by atoms with E-state index in [0.29, 0.717) is 21.7 Å². The molecule has 0 aliphatic carbocycles. The zero-order chi connectivity index (χ0) is 14.8. The molecule has 0 bridgehead atoms. The number of alkyl halides is 4. The van der Waals surface area contributed by atoms with Gasteiger partial charge in [0.25, 0.3) is 0 Å². The van der Waals surface area contributed by atoms with Crippen LogP contribution in [0.25, 0.3) is 0 Å². The van der Waals surface area contributed by atoms with E-state index in [1.165, 1.54) is 18.2 Å². The third-order valence-corrected chi connectivity index (χ3v) is 3.54. The highest BCUT2D eigenvalue weighted by molar-refractivity contribution is 9.08. The number of halogens is 5. The third kappa shape index (κ3) is 3.27. The minimum absolute atomic E-state index is 0.246. The van der Waals surface area contributed by atoms with Crippen LogP contribution in [0.5, 0.6) is 11.5 Å². The second kappa shape index (κ2) is 6.06. The minimum Gasteiger partial charge on any atom is -0.456 e. The van der Waals surface area contributed by atoms with Crippen molar-refractivity contribution < 1.29 is 17.9 Å². The Morgan fingerprint density at radius 1 is 1.00 bits per heavy atom. The van der Waals surface area contributed by atoms with Crippen LogP contribution in [-0.4, -0.2) is 0 Å². The smallest absolute Gasteiger partial charge is 0.419 e. The van der Waals surface area contributed by atoms with Crippen LogP contribution in [-0.2, 0) is 11.5 Å². The van der Waals surface area contributed by atoms with Crippen LogP contribution in [0.3, 0.4) is 0 Å². The molecule has 1 nitrogen and oxygen atoms in total. The van der Waals surface area contributed by atoms with E-state index in [0.717, 1.165) is 6.07 Å². The molecule has 0 aromatic heterocycles. The van der Waals surface area contributed by atoms with Crippen LogP contribution in [0.1, 0.15) is 11.1 Å². The molecule has 20 heavy (non-hydrogen) atoms. The lowest BCUT2D eigenvalue weighted by atomic mass is 10.2. The van der Waals surface area contributed by atoms with Crippen molar-refractivity contribution in [2.75, 3.05) is 0 Å². The fourth-order valence-electron chi connectivity index (χ4n) is 1.67. The quantitative estimate of drug-likeness (QED) is 0.602. The summed E-state index contributed by atoms with van der Waals surface area (Å²) in [7, 11) is 0. The maximum absolute atomic E-state index is 12.9. The lowest BCUT2D eigenvalue weighted by molar-refractivity contribution is -0.138. The maximum Gasteiger partial charge on any atom is 0.419 e. The average Bonchev–Trinajstić information content (AvgIpc) is 2.38. The fourth-order valence-corrected chi connectivity index (χ4v) is 2.64. The zero-order valence-electron chi connectivity index (χ0n) is 10.0. The van der Waals surface area contributed by atoms with E-state index < -0.39 is 11.7 Å². The first-order valence-corrected chi connectivity index (χ1v) is 7.11. The Morgan fingerprint density at radius 2 is 1.65 bits per heavy atom. The molecule has 0 unspecified atom stereocenters. The van der Waals surface area contributed by atoms with Crippen molar-refractivity contribution in [3.63, 3.8) is 0 Å². The van der Waals surface area contributed by atoms with Gasteiger partial charge < -0.3 is 4.74 Å². The van der Waals surface area contributed by atoms with E-state index in [4.69, 9.17) is 16.3 Å². The first-order chi connectivity index (χ1) is 9.43. The Hall–Kier alpha value is -1.20. The number of ether oxygens (including phenoxy) is 1. The van der Waals surface area contributed by atoms with Crippen LogP contribution in [0, 0.1) is 0 Å². The highest BCUT2D eigenvalue weighted by atomic mass is 79.9. The van der Waals surface area contributed by atoms with Gasteiger partial charge in [0.05, 0.1) is 5.56 Å². The number of hydrogen-bond acceptors (Lipinski definition) is 1. The van der Waals surface area contributed by atoms with E-state index in [-0.39, 0.29) is 5.75 Å². The van der Waals surface area contributed by atoms with E-state index in [2.05, 4.69) is 15.9 Å². The third-order valence-electron chi connectivity index (χ3n) is 2.62. The van der Waals surface area contributed by atoms with Gasteiger partial charge in [-0.25, -0.2) is 0 Å². The van der Waals surface area contributed by atoms with Crippen molar-refractivity contribution in [3.05, 3.63) is 58.6 Å². The normalized spacial score (nSPS) is 11.4. The SMILES string of the molecule is FC(F)(F)c1ccccc1Oc1cccc(Cl)c1CBr. The Morgan fingerprint density at radius 3 is 2.30 bits per heavy atom. The number of para-hydroxylation sites is 1. The molecule has 0 saturated carbocycles. The van der Waals surface area contributed by atoms with Gasteiger partial charge in [-0.2, -0.15) is 13.2 Å². The van der Waals surface area contributed by atoms with Gasteiger partial charge in [0.1, 0.15) is 11.5 Å². The summed E-state index contributed by atoms with van der Waals surface area (Å²) in [6.45, 7) is 0. The predicted molar refractivity (Wildman–Crippen MR) is 75.6 cm³/mol. The first kappa shape index (κ1) is 15.2. The summed E-state index contributed by atoms with van der Waals surface area (Å²) in [6, 6.07) is 9.92. The lowest BCUT2D eigenvalue weighted by Gasteiger charge is -2.15. The highest BCUT2D eigenvalue weighted by Crippen LogP contribution is 2.39. The Balaban J connectivity index is 2.44. The minimum atomic E-state index is -4.47. The van der Waals surface area contributed by atoms with Crippen molar-refractivity contribution in [2.45, 2.75) is 11.5 Å². The molecule has 0 heterocycles. The molecule has 2 aromatic carbocycles. The van der Waals surface area contributed by atoms with Crippen molar-refractivity contribution >= 4 is 27.5 Å². The standard InChI is InChI=1S/C14H9BrClF3O/c15-8-9-11(16)5-3-7-12(9)20-13-6-2-1-4-10(13)14(17,18)19/h1-7H,8H2. The summed E-state index contributed by atoms with van der Waals surface area (Å²) in [5.41, 5.74) is -0.216. The monoisotopic (exact) mass is 364 g/mol. The van der Waals surface area contributed by atoms with Crippen LogP contribution >= 0.6 is 27.5 Å². The van der Waals surface area contributed by atoms with E-state index in [9.17, 15) is 13.2 Å². The van der Waals surface area contributed by atoms with Crippen LogP contribution < -0.4 is 4.74 Å². The average molecular weight is 366 g/mol. The molecule has 0 amide bonds. The van der Waals surface area contributed by atoms with Gasteiger partial charge in [0.2, 0.25) is 0 Å². The molecule has 2 rings (SSSR count). The Bertz CT molecular complexity index is 614. The van der Waals surface area contributed by atoms with Gasteiger partial charge in [-0.3, -0.25) is 0 Å². The van der Waals surface area contributed by atoms with Crippen LogP contribution in [0.15, 0.2) is 42.5 Å². The number of rotatable bonds is 3. The summed E-state index contributed by atoms with van der Waals surface area (Å²) in [4.78, 5) is 0. The summed E-state index contributed by atoms with van der Waals surface area (Å²) < 4.78 is 44.1. The van der Waals surface area contributed by atoms with Gasteiger partial charge >= 0.3 is 6.18 Å². The van der Waals surface area contributed by atoms with E-state index in [1.807, 2.05) is 0 Å². The molecule has 0 saturated heterocycles. The van der Waals surface area contributed by atoms with Gasteiger partial charge in [0, 0.05) is 15.9 Å². The van der Waals surface area contributed by atoms with Crippen molar-refractivity contribution in [1.82, 2.24) is 0 Å². The number of hydrogen-bond donors (Lipinski definition) is 0. The van der Waals surface area contributed by atoms with E-state index >= 15 is 0 Å². The first-order valence-electron chi connectivity index (χ1n) is 5.61. The van der Waals surface area contributed by atoms with Gasteiger partial charge in [0.15, 0.2) is 0 Å². The molecule has 0 fully saturated rings. The van der Waals surface area contributed by atoms with Crippen molar-refractivity contribution in [3.8, 4) is 11.5 Å². The Labute approximate surface area is 127 Å². The zero-order valence-corrected chi connectivity index (χ0v) is 12.4. The molecule has 0 aliphatic heterocycles. The molecule has 0 aliphatic rings. The molecular weight excluding hydrogens is 357 g/mol. The van der Waals surface area contributed by atoms with Crippen molar-refractivity contribution in [1.29, 1.82) is 0 Å². The molecule has 0 radical (unpaired) electrons. The van der Waals surface area contributed by atoms with Crippen LogP contribution in [0.2, 0.25) is 5.02 Å². The lowest BCUT2D eigenvalue weighted by Crippen LogP contribution is -2.07. The summed E-state index contributed by atoms with van der Waals surface area (Å²) in [5.74, 6) is 0.0514. The second-order valence-electron chi connectivity index (χ2n) is 3.95. The van der Waals surface area contributed by atoms with Crippen LogP contribution in [0.4, 0.5) is 13.2 Å². The molecule has 0 atom stereocenters. The molecule has 0 spiro atoms. The second-order valence-corrected chi connectivity index (χ2v) is 4.91. The largest absolute Gasteiger partial charge is 0.456 e. The van der Waals surface area contributed by atoms with Crippen molar-refractivity contribution in [2.24, 2.45) is 0 Å². The predicted octanol–water partition coefficient (Wildman–Crippen LogP) is 6.05. The maximum atomic E-state index is 12.9. The van der Waals surface area contributed by atoms with Gasteiger partial charge in [-0.15, -0.1) is 0 Å². The molecule has 106 valence electrons. The molecule has 2 aromatic rings. The molecular formula is C14H9BrClF3O. The Kier molecular flexibility index (Phi) is 4.60. The molecule has 0 N–H and O–H groups in total. The summed E-state index contributed by atoms with van der Waals surface area (Å²) >= 11 is 9.24. The van der Waals surface area contributed by atoms with Gasteiger partial charge in [-0.05, 0) is 24.3 Å². The molecule has 6 heteroatoms. The highest BCUT2D eigenvalue weighted by Gasteiger charge is 2.34. The topological polar surface area (TPSA) is 9.23 Å². The number of benzene rings is 2.